The molecule has 75 heavy (non-hydrogen) atoms. The van der Waals surface area contributed by atoms with Crippen LogP contribution in [0.4, 0.5) is 0 Å². The topological polar surface area (TPSA) is 186 Å². The molecule has 0 spiro atoms. The van der Waals surface area contributed by atoms with Gasteiger partial charge >= 0.3 is 23.9 Å². The number of hydrogen-bond acceptors (Lipinski definition) is 13. The molecule has 17 heteroatoms. The molecule has 1 aliphatic rings. The Hall–Kier alpha value is -6.10. The van der Waals surface area contributed by atoms with Crippen LogP contribution in [0.3, 0.4) is 0 Å². The molecule has 2 heterocycles. The van der Waals surface area contributed by atoms with Gasteiger partial charge in [0.2, 0.25) is 0 Å². The molecule has 0 N–H and O–H groups in total. The van der Waals surface area contributed by atoms with Gasteiger partial charge in [0.15, 0.2) is 24.4 Å². The summed E-state index contributed by atoms with van der Waals surface area (Å²) in [6.45, 7) is 19.7. The van der Waals surface area contributed by atoms with Crippen molar-refractivity contribution in [1.82, 2.24) is 19.6 Å². The van der Waals surface area contributed by atoms with Crippen molar-refractivity contribution in [2.24, 2.45) is 23.7 Å². The molecule has 8 atom stereocenters. The van der Waals surface area contributed by atoms with Gasteiger partial charge in [-0.05, 0) is 104 Å². The predicted octanol–water partition coefficient (Wildman–Crippen LogP) is 7.63. The third-order valence-electron chi connectivity index (χ3n) is 13.5. The van der Waals surface area contributed by atoms with Crippen LogP contribution in [0.5, 0.6) is 0 Å². The zero-order valence-electron chi connectivity index (χ0n) is 46.8. The number of aryl methyl sites for hydroxylation is 1. The predicted molar refractivity (Wildman–Crippen MR) is 287 cm³/mol. The second-order valence-electron chi connectivity index (χ2n) is 21.8. The van der Waals surface area contributed by atoms with Gasteiger partial charge in [-0.2, -0.15) is 0 Å². The van der Waals surface area contributed by atoms with Crippen molar-refractivity contribution in [3.63, 3.8) is 0 Å². The second-order valence-corrected chi connectivity index (χ2v) is 22.8. The van der Waals surface area contributed by atoms with Crippen LogP contribution in [-0.2, 0) is 76.6 Å². The van der Waals surface area contributed by atoms with Crippen molar-refractivity contribution in [2.45, 2.75) is 170 Å². The lowest BCUT2D eigenvalue weighted by Gasteiger charge is -2.35. The van der Waals surface area contributed by atoms with E-state index < -0.39 is 96.1 Å². The molecule has 1 saturated heterocycles. The Morgan fingerprint density at radius 1 is 0.440 bits per heavy atom. The number of carbonyl (C=O) groups is 8. The quantitative estimate of drug-likeness (QED) is 0.114. The molecule has 0 saturated carbocycles. The van der Waals surface area contributed by atoms with E-state index in [0.717, 1.165) is 20.3 Å². The number of amides is 4. The van der Waals surface area contributed by atoms with E-state index in [9.17, 15) is 38.4 Å². The number of cyclic esters (lactones) is 4. The first-order valence-corrected chi connectivity index (χ1v) is 27.1. The molecule has 1 aromatic heterocycles. The lowest BCUT2D eigenvalue weighted by atomic mass is 9.99. The van der Waals surface area contributed by atoms with Crippen molar-refractivity contribution in [1.29, 1.82) is 0 Å². The van der Waals surface area contributed by atoms with Crippen LogP contribution in [0.25, 0.3) is 0 Å². The number of nitrogens with zero attached hydrogens (tertiary/aromatic N) is 4. The maximum absolute atomic E-state index is 14.9. The Kier molecular flexibility index (Phi) is 23.1. The molecular formula is C58H82N4O12S. The van der Waals surface area contributed by atoms with Crippen molar-refractivity contribution in [3.8, 4) is 0 Å². The Bertz CT molecular complexity index is 2400. The lowest BCUT2D eigenvalue weighted by Crippen LogP contribution is -2.55. The van der Waals surface area contributed by atoms with Crippen molar-refractivity contribution in [3.05, 3.63) is 93.2 Å². The van der Waals surface area contributed by atoms with Crippen LogP contribution in [0.2, 0.25) is 0 Å². The average molecular weight is 1060 g/mol. The fourth-order valence-corrected chi connectivity index (χ4v) is 10.0. The number of rotatable bonds is 14. The number of esters is 4. The van der Waals surface area contributed by atoms with Gasteiger partial charge in [0, 0.05) is 52.3 Å². The molecule has 16 nitrogen and oxygen atoms in total. The first-order valence-electron chi connectivity index (χ1n) is 26.2. The van der Waals surface area contributed by atoms with Gasteiger partial charge < -0.3 is 38.5 Å². The maximum atomic E-state index is 14.9. The van der Waals surface area contributed by atoms with E-state index in [1.54, 1.807) is 41.7 Å². The highest BCUT2D eigenvalue weighted by molar-refractivity contribution is 7.10. The van der Waals surface area contributed by atoms with Crippen LogP contribution in [0.15, 0.2) is 66.0 Å². The number of likely N-dealkylation sites (N-methyl/N-ethyl adjacent to an activating group) is 4. The van der Waals surface area contributed by atoms with Crippen molar-refractivity contribution < 1.29 is 57.3 Å². The summed E-state index contributed by atoms with van der Waals surface area (Å²) in [7, 11) is 5.60. The highest BCUT2D eigenvalue weighted by Crippen LogP contribution is 2.25. The van der Waals surface area contributed by atoms with Gasteiger partial charge in [-0.3, -0.25) is 19.2 Å². The van der Waals surface area contributed by atoms with Gasteiger partial charge in [-0.25, -0.2) is 19.2 Å². The Labute approximate surface area is 448 Å². The summed E-state index contributed by atoms with van der Waals surface area (Å²) in [6, 6.07) is 13.5. The molecular weight excluding hydrogens is 977 g/mol. The molecule has 0 aliphatic carbocycles. The summed E-state index contributed by atoms with van der Waals surface area (Å²) in [5.74, 6) is -7.18. The van der Waals surface area contributed by atoms with Gasteiger partial charge in [-0.15, -0.1) is 11.3 Å². The lowest BCUT2D eigenvalue weighted by molar-refractivity contribution is -0.176. The van der Waals surface area contributed by atoms with Gasteiger partial charge in [0.25, 0.3) is 23.6 Å². The third-order valence-corrected chi connectivity index (χ3v) is 14.5. The number of benzene rings is 2. The van der Waals surface area contributed by atoms with Crippen molar-refractivity contribution in [2.75, 3.05) is 28.2 Å². The molecule has 0 radical (unpaired) electrons. The first-order chi connectivity index (χ1) is 35.2. The summed E-state index contributed by atoms with van der Waals surface area (Å²) in [5.41, 5.74) is 3.53. The van der Waals surface area contributed by atoms with Crippen LogP contribution >= 0.6 is 11.3 Å². The van der Waals surface area contributed by atoms with E-state index in [4.69, 9.17) is 18.9 Å². The minimum atomic E-state index is -1.50. The van der Waals surface area contributed by atoms with Gasteiger partial charge in [0.05, 0.1) is 0 Å². The number of hydrogen-bond donors (Lipinski definition) is 0. The van der Waals surface area contributed by atoms with E-state index in [1.807, 2.05) is 85.0 Å². The van der Waals surface area contributed by atoms with E-state index in [-0.39, 0.29) is 62.2 Å². The van der Waals surface area contributed by atoms with Crippen LogP contribution in [0, 0.1) is 30.6 Å². The van der Waals surface area contributed by atoms with Crippen LogP contribution in [-0.4, -0.2) is 144 Å². The van der Waals surface area contributed by atoms with E-state index in [2.05, 4.69) is 13.0 Å². The molecule has 4 amide bonds. The van der Waals surface area contributed by atoms with Gasteiger partial charge in [0.1, 0.15) is 24.2 Å². The Balaban J connectivity index is 1.86. The highest BCUT2D eigenvalue weighted by Gasteiger charge is 2.43. The summed E-state index contributed by atoms with van der Waals surface area (Å²) in [4.78, 5) is 122. The summed E-state index contributed by atoms with van der Waals surface area (Å²) < 4.78 is 24.0. The smallest absolute Gasteiger partial charge is 0.329 e. The molecule has 2 aromatic carbocycles. The zero-order chi connectivity index (χ0) is 56.0. The first kappa shape index (κ1) is 61.4. The minimum absolute atomic E-state index is 0.0847. The number of carbonyl (C=O) groups excluding carboxylic acids is 8. The highest BCUT2D eigenvalue weighted by atomic mass is 32.1. The molecule has 4 rings (SSSR count). The second kappa shape index (κ2) is 28.2. The third kappa shape index (κ3) is 17.5. The molecule has 412 valence electrons. The van der Waals surface area contributed by atoms with E-state index in [1.165, 1.54) is 57.4 Å². The largest absolute Gasteiger partial charge is 0.451 e. The van der Waals surface area contributed by atoms with E-state index >= 15 is 0 Å². The van der Waals surface area contributed by atoms with E-state index in [0.29, 0.717) is 17.5 Å². The summed E-state index contributed by atoms with van der Waals surface area (Å²) in [5, 5.41) is 2.04. The monoisotopic (exact) mass is 1060 g/mol. The van der Waals surface area contributed by atoms with Crippen LogP contribution < -0.4 is 0 Å². The number of ether oxygens (including phenoxy) is 4. The van der Waals surface area contributed by atoms with Crippen molar-refractivity contribution >= 4 is 58.8 Å². The average Bonchev–Trinajstić information content (AvgIpc) is 3.76. The van der Waals surface area contributed by atoms with Gasteiger partial charge in [-0.1, -0.05) is 110 Å². The Morgan fingerprint density at radius 2 is 0.760 bits per heavy atom. The normalized spacial score (nSPS) is 24.0. The SMILES string of the molecule is Cc1ccsc1Cc1ccc(C[C@H]2OC(=O)[C@H](CC(C)C)N(C)C(=O)[C@@H](C)OC(=O)[C@H](CC(C)C)N(C)C(=O)[C@@H](Cc3ccccc3)OC(=O)[C@H](CC(C)C)N(C)C(=O)[C@@H](C)OC(=O)[C@H](CC(C)C)N(C)C2=O)cc1. The molecule has 1 fully saturated rings. The fraction of sp³-hybridized carbons (Fsp3) is 0.586. The Morgan fingerprint density at radius 3 is 1.09 bits per heavy atom. The summed E-state index contributed by atoms with van der Waals surface area (Å²) in [6.07, 6.45) is -4.96. The molecule has 0 unspecified atom stereocenters. The molecule has 1 aliphatic heterocycles. The number of thiophene rings is 1. The zero-order valence-corrected chi connectivity index (χ0v) is 47.6. The maximum Gasteiger partial charge on any atom is 0.329 e. The fourth-order valence-electron chi connectivity index (χ4n) is 9.09. The standard InChI is InChI=1S/C58H82N4O12S/c1-34(2)27-44-55(67)71-40(11)52(64)60(13)47(30-37(7)8)58(70)74-49(32-42-21-23-43(24-22-42)33-50-38(9)25-26-75-50)54(66)62(15)45(28-35(3)4)56(68)72-39(10)51(63)59(12)46(29-36(5)6)57(69)73-48(53(65)61(44)14)31-41-19-17-16-18-20-41/h16-26,34-37,39-40,44-49H,27-33H2,1-15H3/t39-,40-,44+,45+,46+,47+,48-,49-/m1/s1. The molecule has 3 aromatic rings. The minimum Gasteiger partial charge on any atom is -0.451 e. The van der Waals surface area contributed by atoms with Crippen LogP contribution in [0.1, 0.15) is 122 Å². The summed E-state index contributed by atoms with van der Waals surface area (Å²) >= 11 is 1.66. The molecule has 0 bridgehead atoms.